The molecule has 0 radical (unpaired) electrons. The molecule has 0 fully saturated rings. The molecule has 0 saturated carbocycles. The maximum Gasteiger partial charge on any atom is 0.511 e. The van der Waals surface area contributed by atoms with Gasteiger partial charge in [0.15, 0.2) is 5.78 Å². The van der Waals surface area contributed by atoms with E-state index in [1.807, 2.05) is 53.7 Å². The summed E-state index contributed by atoms with van der Waals surface area (Å²) in [6.45, 7) is 4.83. The molecule has 32 heavy (non-hydrogen) atoms. The first-order valence-corrected chi connectivity index (χ1v) is 11.1. The Bertz CT molecular complexity index is 1150. The van der Waals surface area contributed by atoms with Crippen molar-refractivity contribution in [2.24, 2.45) is 18.7 Å². The zero-order chi connectivity index (χ0) is 22.8. The lowest BCUT2D eigenvalue weighted by atomic mass is 9.85. The first-order chi connectivity index (χ1) is 15.4. The summed E-state index contributed by atoms with van der Waals surface area (Å²) >= 11 is 0. The molecule has 0 bridgehead atoms. The number of nitrogens with zero attached hydrogens (tertiary/aromatic N) is 3. The Kier molecular flexibility index (Phi) is 6.32. The molecule has 2 aromatic heterocycles. The fourth-order valence-electron chi connectivity index (χ4n) is 4.56. The molecule has 2 heterocycles. The second-order valence-corrected chi connectivity index (χ2v) is 8.49. The van der Waals surface area contributed by atoms with Gasteiger partial charge in [-0.1, -0.05) is 18.2 Å². The average Bonchev–Trinajstić information content (AvgIpc) is 3.26. The quantitative estimate of drug-likeness (QED) is 0.451. The number of para-hydroxylation sites is 1. The number of fused-ring (bicyclic) bond motifs is 3. The maximum absolute atomic E-state index is 13.4. The SMILES string of the molecule is Cc1n(CC2CCc3c(c4ccccc4n3C)C2=O)cc[n+]1COC(=O)OC(C)CCN. The first-order valence-electron chi connectivity index (χ1n) is 11.1. The van der Waals surface area contributed by atoms with Gasteiger partial charge in [-0.05, 0) is 38.8 Å². The van der Waals surface area contributed by atoms with E-state index in [1.54, 1.807) is 6.92 Å². The molecule has 2 N–H and O–H groups in total. The van der Waals surface area contributed by atoms with Gasteiger partial charge in [-0.3, -0.25) is 4.79 Å². The summed E-state index contributed by atoms with van der Waals surface area (Å²) in [5, 5.41) is 1.04. The van der Waals surface area contributed by atoms with Gasteiger partial charge in [-0.25, -0.2) is 9.36 Å². The summed E-state index contributed by atoms with van der Waals surface area (Å²) in [6, 6.07) is 8.10. The monoisotopic (exact) mass is 439 g/mol. The van der Waals surface area contributed by atoms with E-state index in [1.165, 1.54) is 0 Å². The highest BCUT2D eigenvalue weighted by molar-refractivity contribution is 6.11. The summed E-state index contributed by atoms with van der Waals surface area (Å²) in [6.07, 6.45) is 5.07. The predicted molar refractivity (Wildman–Crippen MR) is 119 cm³/mol. The highest BCUT2D eigenvalue weighted by Gasteiger charge is 2.34. The van der Waals surface area contributed by atoms with Crippen molar-refractivity contribution in [1.82, 2.24) is 9.13 Å². The summed E-state index contributed by atoms with van der Waals surface area (Å²) in [5.41, 5.74) is 8.57. The summed E-state index contributed by atoms with van der Waals surface area (Å²) in [5.74, 6) is 1.02. The van der Waals surface area contributed by atoms with E-state index in [4.69, 9.17) is 15.2 Å². The highest BCUT2D eigenvalue weighted by Crippen LogP contribution is 2.34. The van der Waals surface area contributed by atoms with Crippen LogP contribution in [0.5, 0.6) is 0 Å². The average molecular weight is 440 g/mol. The second kappa shape index (κ2) is 9.16. The number of hydrogen-bond donors (Lipinski definition) is 1. The van der Waals surface area contributed by atoms with Crippen LogP contribution in [0, 0.1) is 12.8 Å². The molecule has 2 unspecified atom stereocenters. The van der Waals surface area contributed by atoms with Crippen LogP contribution in [0.1, 0.15) is 41.6 Å². The Hall–Kier alpha value is -3.13. The van der Waals surface area contributed by atoms with Crippen LogP contribution in [-0.4, -0.2) is 33.7 Å². The number of nitrogens with two attached hydrogens (primary N) is 1. The van der Waals surface area contributed by atoms with Gasteiger partial charge in [0.25, 0.3) is 5.82 Å². The van der Waals surface area contributed by atoms with Gasteiger partial charge in [0.05, 0.1) is 5.92 Å². The van der Waals surface area contributed by atoms with E-state index in [9.17, 15) is 9.59 Å². The van der Waals surface area contributed by atoms with Crippen LogP contribution in [0.25, 0.3) is 10.9 Å². The van der Waals surface area contributed by atoms with Crippen LogP contribution in [0.4, 0.5) is 4.79 Å². The molecule has 170 valence electrons. The molecular weight excluding hydrogens is 408 g/mol. The van der Waals surface area contributed by atoms with Crippen molar-refractivity contribution in [3.05, 3.63) is 53.7 Å². The number of carbonyl (C=O) groups excluding carboxylic acids is 2. The van der Waals surface area contributed by atoms with Crippen molar-refractivity contribution in [2.45, 2.75) is 52.5 Å². The largest absolute Gasteiger partial charge is 0.511 e. The zero-order valence-electron chi connectivity index (χ0n) is 18.9. The molecule has 3 aromatic rings. The van der Waals surface area contributed by atoms with E-state index in [0.29, 0.717) is 19.5 Å². The molecule has 2 atom stereocenters. The van der Waals surface area contributed by atoms with Crippen molar-refractivity contribution in [2.75, 3.05) is 6.54 Å². The predicted octanol–water partition coefficient (Wildman–Crippen LogP) is 2.87. The topological polar surface area (TPSA) is 92.4 Å². The van der Waals surface area contributed by atoms with E-state index >= 15 is 0 Å². The van der Waals surface area contributed by atoms with Crippen LogP contribution >= 0.6 is 0 Å². The Labute approximate surface area is 187 Å². The molecule has 1 aliphatic carbocycles. The summed E-state index contributed by atoms with van der Waals surface area (Å²) in [4.78, 5) is 25.3. The van der Waals surface area contributed by atoms with Gasteiger partial charge in [0.2, 0.25) is 6.73 Å². The van der Waals surface area contributed by atoms with Crippen molar-refractivity contribution >= 4 is 22.8 Å². The van der Waals surface area contributed by atoms with Crippen molar-refractivity contribution in [3.8, 4) is 0 Å². The van der Waals surface area contributed by atoms with Crippen LogP contribution < -0.4 is 10.3 Å². The standard InChI is InChI=1S/C24H31N4O4/c1-16(10-11-25)32-24(30)31-15-28-13-12-27(17(28)2)14-18-8-9-21-22(23(18)29)19-6-4-5-7-20(19)26(21)3/h4-7,12-13,16,18H,8-11,14-15,25H2,1-3H3/q+1. The summed E-state index contributed by atoms with van der Waals surface area (Å²) < 4.78 is 16.4. The van der Waals surface area contributed by atoms with Gasteiger partial charge >= 0.3 is 6.16 Å². The minimum atomic E-state index is -0.712. The molecule has 8 heteroatoms. The molecule has 0 aliphatic heterocycles. The van der Waals surface area contributed by atoms with E-state index < -0.39 is 6.16 Å². The Balaban J connectivity index is 1.44. The Morgan fingerprint density at radius 2 is 2.12 bits per heavy atom. The maximum atomic E-state index is 13.4. The van der Waals surface area contributed by atoms with Gasteiger partial charge in [0, 0.05) is 36.1 Å². The number of imidazole rings is 1. The van der Waals surface area contributed by atoms with E-state index in [2.05, 4.69) is 10.6 Å². The number of ether oxygens (including phenoxy) is 2. The van der Waals surface area contributed by atoms with Gasteiger partial charge in [-0.2, -0.15) is 4.57 Å². The molecule has 4 rings (SSSR count). The fourth-order valence-corrected chi connectivity index (χ4v) is 4.56. The van der Waals surface area contributed by atoms with Crippen molar-refractivity contribution in [3.63, 3.8) is 0 Å². The number of carbonyl (C=O) groups is 2. The molecule has 8 nitrogen and oxygen atoms in total. The zero-order valence-corrected chi connectivity index (χ0v) is 18.9. The number of ketones is 1. The smallest absolute Gasteiger partial charge is 0.431 e. The number of rotatable bonds is 7. The lowest BCUT2D eigenvalue weighted by Gasteiger charge is -2.21. The van der Waals surface area contributed by atoms with Crippen molar-refractivity contribution < 1.29 is 23.6 Å². The lowest BCUT2D eigenvalue weighted by molar-refractivity contribution is -0.732. The molecule has 0 spiro atoms. The van der Waals surface area contributed by atoms with E-state index in [-0.39, 0.29) is 24.5 Å². The number of hydrogen-bond acceptors (Lipinski definition) is 5. The van der Waals surface area contributed by atoms with Crippen LogP contribution in [0.15, 0.2) is 36.7 Å². The van der Waals surface area contributed by atoms with Gasteiger partial charge in [0.1, 0.15) is 25.0 Å². The Morgan fingerprint density at radius 1 is 1.34 bits per heavy atom. The van der Waals surface area contributed by atoms with Gasteiger partial charge < -0.3 is 19.8 Å². The van der Waals surface area contributed by atoms with Crippen LogP contribution in [-0.2, 0) is 36.2 Å². The number of Topliss-reactive ketones (excluding diaryl/α,β-unsaturated/α-hetero) is 1. The molecule has 0 amide bonds. The normalized spacial score (nSPS) is 16.8. The lowest BCUT2D eigenvalue weighted by Crippen LogP contribution is -2.39. The second-order valence-electron chi connectivity index (χ2n) is 8.49. The van der Waals surface area contributed by atoms with Crippen LogP contribution in [0.3, 0.4) is 0 Å². The van der Waals surface area contributed by atoms with Gasteiger partial charge in [-0.15, -0.1) is 0 Å². The minimum Gasteiger partial charge on any atom is -0.431 e. The molecule has 0 saturated heterocycles. The number of benzene rings is 1. The number of aryl methyl sites for hydroxylation is 1. The third kappa shape index (κ3) is 4.14. The minimum absolute atomic E-state index is 0.0547. The van der Waals surface area contributed by atoms with Crippen LogP contribution in [0.2, 0.25) is 0 Å². The Morgan fingerprint density at radius 3 is 2.91 bits per heavy atom. The molecule has 1 aromatic carbocycles. The number of aromatic nitrogens is 3. The summed E-state index contributed by atoms with van der Waals surface area (Å²) in [7, 11) is 2.04. The highest BCUT2D eigenvalue weighted by atomic mass is 16.7. The third-order valence-electron chi connectivity index (χ3n) is 6.44. The first kappa shape index (κ1) is 22.1. The fraction of sp³-hybridized carbons (Fsp3) is 0.458. The third-order valence-corrected chi connectivity index (χ3v) is 6.44. The molecule has 1 aliphatic rings. The van der Waals surface area contributed by atoms with E-state index in [0.717, 1.165) is 40.8 Å². The molecular formula is C24H31N4O4+. The van der Waals surface area contributed by atoms with Crippen molar-refractivity contribution in [1.29, 1.82) is 0 Å².